The van der Waals surface area contributed by atoms with Crippen LogP contribution in [0, 0.1) is 15.9 Å². The predicted molar refractivity (Wildman–Crippen MR) is 70.5 cm³/mol. The van der Waals surface area contributed by atoms with Crippen molar-refractivity contribution in [2.24, 2.45) is 0 Å². The first-order valence-corrected chi connectivity index (χ1v) is 6.13. The van der Waals surface area contributed by atoms with Gasteiger partial charge in [0.1, 0.15) is 0 Å². The first kappa shape index (κ1) is 15.5. The molecular formula is C13H19FN2O3. The maximum absolute atomic E-state index is 13.4. The molecule has 6 heteroatoms. The number of likely N-dealkylation sites (N-methyl/N-ethyl adjacent to an activating group) is 1. The highest BCUT2D eigenvalue weighted by molar-refractivity contribution is 5.34. The van der Waals surface area contributed by atoms with Crippen molar-refractivity contribution in [3.63, 3.8) is 0 Å². The summed E-state index contributed by atoms with van der Waals surface area (Å²) in [6.07, 6.45) is 0.185. The van der Waals surface area contributed by atoms with Gasteiger partial charge in [0.25, 0.3) is 0 Å². The smallest absolute Gasteiger partial charge is 0.304 e. The number of hydrogen-bond acceptors (Lipinski definition) is 4. The van der Waals surface area contributed by atoms with E-state index in [0.717, 1.165) is 6.54 Å². The summed E-state index contributed by atoms with van der Waals surface area (Å²) in [5.74, 6) is -0.797. The number of nitro groups is 1. The molecule has 0 aliphatic carbocycles. The van der Waals surface area contributed by atoms with E-state index in [9.17, 15) is 14.5 Å². The van der Waals surface area contributed by atoms with Gasteiger partial charge in [-0.15, -0.1) is 0 Å². The van der Waals surface area contributed by atoms with Crippen molar-refractivity contribution in [3.8, 4) is 0 Å². The number of nitro benzene ring substituents is 1. The molecule has 0 saturated heterocycles. The Hall–Kier alpha value is -1.53. The van der Waals surface area contributed by atoms with Gasteiger partial charge in [0, 0.05) is 19.2 Å². The maximum atomic E-state index is 13.4. The lowest BCUT2D eigenvalue weighted by atomic mass is 10.2. The minimum atomic E-state index is -0.797. The highest BCUT2D eigenvalue weighted by atomic mass is 19.1. The molecule has 0 atom stereocenters. The molecule has 0 heterocycles. The lowest BCUT2D eigenvalue weighted by Gasteiger charge is -2.17. The van der Waals surface area contributed by atoms with Crippen LogP contribution in [0.15, 0.2) is 18.2 Å². The summed E-state index contributed by atoms with van der Waals surface area (Å²) in [5, 5.41) is 10.5. The molecular weight excluding hydrogens is 251 g/mol. The lowest BCUT2D eigenvalue weighted by molar-refractivity contribution is -0.387. The standard InChI is InChI=1S/C13H19FN2O3/c1-10(2)19-7-6-15(3)9-11-4-5-13(16(17)18)12(14)8-11/h4-5,8,10H,6-7,9H2,1-3H3. The summed E-state index contributed by atoms with van der Waals surface area (Å²) < 4.78 is 18.8. The molecule has 5 nitrogen and oxygen atoms in total. The fourth-order valence-corrected chi connectivity index (χ4v) is 1.63. The molecule has 1 aromatic rings. The third-order valence-corrected chi connectivity index (χ3v) is 2.59. The third kappa shape index (κ3) is 5.32. The third-order valence-electron chi connectivity index (χ3n) is 2.59. The predicted octanol–water partition coefficient (Wildman–Crippen LogP) is 2.59. The molecule has 0 radical (unpaired) electrons. The first-order chi connectivity index (χ1) is 8.90. The molecule has 0 spiro atoms. The summed E-state index contributed by atoms with van der Waals surface area (Å²) in [5.41, 5.74) is 0.213. The van der Waals surface area contributed by atoms with Gasteiger partial charge in [-0.1, -0.05) is 6.07 Å². The highest BCUT2D eigenvalue weighted by Crippen LogP contribution is 2.18. The Balaban J connectivity index is 2.53. The van der Waals surface area contributed by atoms with E-state index < -0.39 is 16.4 Å². The van der Waals surface area contributed by atoms with Gasteiger partial charge in [-0.05, 0) is 32.5 Å². The van der Waals surface area contributed by atoms with Crippen LogP contribution in [-0.4, -0.2) is 36.1 Å². The molecule has 0 saturated carbocycles. The van der Waals surface area contributed by atoms with E-state index in [1.807, 2.05) is 25.8 Å². The molecule has 0 unspecified atom stereocenters. The van der Waals surface area contributed by atoms with Crippen molar-refractivity contribution in [1.82, 2.24) is 4.90 Å². The zero-order chi connectivity index (χ0) is 14.4. The zero-order valence-electron chi connectivity index (χ0n) is 11.4. The minimum Gasteiger partial charge on any atom is -0.377 e. The monoisotopic (exact) mass is 270 g/mol. The summed E-state index contributed by atoms with van der Waals surface area (Å²) in [6, 6.07) is 3.97. The van der Waals surface area contributed by atoms with Crippen LogP contribution in [0.1, 0.15) is 19.4 Å². The van der Waals surface area contributed by atoms with E-state index in [-0.39, 0.29) is 6.10 Å². The second kappa shape index (κ2) is 7.16. The van der Waals surface area contributed by atoms with Gasteiger partial charge >= 0.3 is 5.69 Å². The van der Waals surface area contributed by atoms with Gasteiger partial charge in [0.2, 0.25) is 5.82 Å². The summed E-state index contributed by atoms with van der Waals surface area (Å²) in [6.45, 7) is 5.77. The molecule has 0 amide bonds. The summed E-state index contributed by atoms with van der Waals surface area (Å²) in [7, 11) is 1.89. The Bertz CT molecular complexity index is 438. The lowest BCUT2D eigenvalue weighted by Crippen LogP contribution is -2.24. The van der Waals surface area contributed by atoms with Crippen LogP contribution in [0.2, 0.25) is 0 Å². The van der Waals surface area contributed by atoms with Crippen LogP contribution in [0.4, 0.5) is 10.1 Å². The molecule has 106 valence electrons. The fourth-order valence-electron chi connectivity index (χ4n) is 1.63. The SMILES string of the molecule is CC(C)OCCN(C)Cc1ccc([N+](=O)[O-])c(F)c1. The molecule has 0 bridgehead atoms. The number of ether oxygens (including phenoxy) is 1. The average molecular weight is 270 g/mol. The van der Waals surface area contributed by atoms with E-state index >= 15 is 0 Å². The molecule has 1 rings (SSSR count). The number of nitrogens with zero attached hydrogens (tertiary/aromatic N) is 2. The Labute approximate surface area is 112 Å². The normalized spacial score (nSPS) is 11.3. The van der Waals surface area contributed by atoms with Crippen molar-refractivity contribution in [3.05, 3.63) is 39.7 Å². The van der Waals surface area contributed by atoms with E-state index in [1.54, 1.807) is 6.07 Å². The minimum absolute atomic E-state index is 0.185. The van der Waals surface area contributed by atoms with Crippen LogP contribution in [0.25, 0.3) is 0 Å². The van der Waals surface area contributed by atoms with Gasteiger partial charge in [0.15, 0.2) is 0 Å². The van der Waals surface area contributed by atoms with E-state index in [1.165, 1.54) is 12.1 Å². The molecule has 0 aromatic heterocycles. The van der Waals surface area contributed by atoms with Crippen molar-refractivity contribution >= 4 is 5.69 Å². The second-order valence-electron chi connectivity index (χ2n) is 4.70. The van der Waals surface area contributed by atoms with E-state index in [2.05, 4.69) is 0 Å². The maximum Gasteiger partial charge on any atom is 0.304 e. The first-order valence-electron chi connectivity index (χ1n) is 6.13. The number of hydrogen-bond donors (Lipinski definition) is 0. The molecule has 19 heavy (non-hydrogen) atoms. The van der Waals surface area contributed by atoms with Crippen LogP contribution < -0.4 is 0 Å². The molecule has 0 N–H and O–H groups in total. The molecule has 0 aliphatic heterocycles. The van der Waals surface area contributed by atoms with E-state index in [0.29, 0.717) is 18.7 Å². The number of halogens is 1. The van der Waals surface area contributed by atoms with Crippen molar-refractivity contribution in [2.45, 2.75) is 26.5 Å². The molecule has 1 aromatic carbocycles. The topological polar surface area (TPSA) is 55.6 Å². The van der Waals surface area contributed by atoms with Crippen molar-refractivity contribution < 1.29 is 14.1 Å². The van der Waals surface area contributed by atoms with E-state index in [4.69, 9.17) is 4.74 Å². The molecule has 0 fully saturated rings. The largest absolute Gasteiger partial charge is 0.377 e. The van der Waals surface area contributed by atoms with Crippen LogP contribution in [-0.2, 0) is 11.3 Å². The van der Waals surface area contributed by atoms with Crippen LogP contribution >= 0.6 is 0 Å². The highest BCUT2D eigenvalue weighted by Gasteiger charge is 2.14. The Kier molecular flexibility index (Phi) is 5.85. The average Bonchev–Trinajstić information content (AvgIpc) is 2.27. The summed E-state index contributed by atoms with van der Waals surface area (Å²) in [4.78, 5) is 11.8. The van der Waals surface area contributed by atoms with Crippen molar-refractivity contribution in [2.75, 3.05) is 20.2 Å². The second-order valence-corrected chi connectivity index (χ2v) is 4.70. The van der Waals surface area contributed by atoms with Crippen molar-refractivity contribution in [1.29, 1.82) is 0 Å². The van der Waals surface area contributed by atoms with Gasteiger partial charge in [-0.2, -0.15) is 4.39 Å². The fraction of sp³-hybridized carbons (Fsp3) is 0.538. The molecule has 0 aliphatic rings. The Morgan fingerprint density at radius 3 is 2.68 bits per heavy atom. The van der Waals surface area contributed by atoms with Crippen LogP contribution in [0.5, 0.6) is 0 Å². The Morgan fingerprint density at radius 1 is 1.47 bits per heavy atom. The Morgan fingerprint density at radius 2 is 2.16 bits per heavy atom. The van der Waals surface area contributed by atoms with Gasteiger partial charge in [-0.25, -0.2) is 0 Å². The van der Waals surface area contributed by atoms with Gasteiger partial charge in [-0.3, -0.25) is 15.0 Å². The quantitative estimate of drug-likeness (QED) is 0.564. The zero-order valence-corrected chi connectivity index (χ0v) is 11.4. The van der Waals surface area contributed by atoms with Crippen LogP contribution in [0.3, 0.4) is 0 Å². The number of benzene rings is 1. The number of rotatable bonds is 7. The van der Waals surface area contributed by atoms with Gasteiger partial charge in [0.05, 0.1) is 17.6 Å². The van der Waals surface area contributed by atoms with Gasteiger partial charge < -0.3 is 4.74 Å². The summed E-state index contributed by atoms with van der Waals surface area (Å²) >= 11 is 0.